The zero-order valence-electron chi connectivity index (χ0n) is 11.0. The zero-order chi connectivity index (χ0) is 13.0. The van der Waals surface area contributed by atoms with Crippen LogP contribution in [0.2, 0.25) is 0 Å². The first-order valence-corrected chi connectivity index (χ1v) is 7.22. The Hall–Kier alpha value is -1.19. The van der Waals surface area contributed by atoms with Crippen LogP contribution in [0.25, 0.3) is 0 Å². The fourth-order valence-corrected chi connectivity index (χ4v) is 2.72. The molecule has 1 aromatic heterocycles. The van der Waals surface area contributed by atoms with E-state index in [1.54, 1.807) is 11.3 Å². The van der Waals surface area contributed by atoms with Crippen LogP contribution in [-0.4, -0.2) is 11.5 Å². The van der Waals surface area contributed by atoms with Crippen LogP contribution in [0.4, 0.5) is 0 Å². The third kappa shape index (κ3) is 3.65. The van der Waals surface area contributed by atoms with E-state index in [0.29, 0.717) is 12.5 Å². The van der Waals surface area contributed by atoms with Crippen LogP contribution in [0.1, 0.15) is 21.8 Å². The van der Waals surface area contributed by atoms with Gasteiger partial charge in [0.15, 0.2) is 0 Å². The number of thiazole rings is 1. The molecular weight excluding hydrogens is 240 g/mol. The minimum atomic E-state index is 0.481. The summed E-state index contributed by atoms with van der Waals surface area (Å²) in [5.41, 5.74) is 9.73. The first kappa shape index (κ1) is 13.2. The van der Waals surface area contributed by atoms with E-state index in [0.717, 1.165) is 17.8 Å². The van der Waals surface area contributed by atoms with Gasteiger partial charge < -0.3 is 5.73 Å². The maximum atomic E-state index is 5.88. The van der Waals surface area contributed by atoms with Crippen molar-refractivity contribution in [3.05, 3.63) is 51.5 Å². The molecule has 0 bridgehead atoms. The maximum Gasteiger partial charge on any atom is 0.0897 e. The number of nitrogens with zero attached hydrogens (tertiary/aromatic N) is 1. The summed E-state index contributed by atoms with van der Waals surface area (Å²) in [4.78, 5) is 4.52. The van der Waals surface area contributed by atoms with E-state index in [1.807, 2.05) is 6.92 Å². The molecule has 3 heteroatoms. The van der Waals surface area contributed by atoms with Gasteiger partial charge in [-0.25, -0.2) is 4.98 Å². The van der Waals surface area contributed by atoms with Gasteiger partial charge in [-0.1, -0.05) is 29.8 Å². The monoisotopic (exact) mass is 260 g/mol. The molecular formula is C15H20N2S. The summed E-state index contributed by atoms with van der Waals surface area (Å²) in [6.45, 7) is 4.87. The highest BCUT2D eigenvalue weighted by Gasteiger charge is 2.11. The molecule has 0 saturated carbocycles. The van der Waals surface area contributed by atoms with Crippen LogP contribution in [-0.2, 0) is 12.8 Å². The average molecular weight is 260 g/mol. The fraction of sp³-hybridized carbons (Fsp3) is 0.400. The Morgan fingerprint density at radius 1 is 1.17 bits per heavy atom. The lowest BCUT2D eigenvalue weighted by molar-refractivity contribution is 0.528. The Kier molecular flexibility index (Phi) is 4.50. The van der Waals surface area contributed by atoms with Crippen molar-refractivity contribution >= 4 is 11.3 Å². The van der Waals surface area contributed by atoms with Crippen molar-refractivity contribution in [1.29, 1.82) is 0 Å². The number of aromatic nitrogens is 1. The molecule has 1 atom stereocenters. The third-order valence-corrected chi connectivity index (χ3v) is 3.97. The summed E-state index contributed by atoms with van der Waals surface area (Å²) < 4.78 is 0. The van der Waals surface area contributed by atoms with Crippen molar-refractivity contribution in [3.8, 4) is 0 Å². The van der Waals surface area contributed by atoms with Gasteiger partial charge in [0.1, 0.15) is 0 Å². The quantitative estimate of drug-likeness (QED) is 0.897. The van der Waals surface area contributed by atoms with Gasteiger partial charge in [-0.3, -0.25) is 0 Å². The molecule has 96 valence electrons. The van der Waals surface area contributed by atoms with Crippen LogP contribution in [0.15, 0.2) is 29.6 Å². The van der Waals surface area contributed by atoms with Gasteiger partial charge in [-0.05, 0) is 44.7 Å². The number of benzene rings is 1. The van der Waals surface area contributed by atoms with Gasteiger partial charge in [0.25, 0.3) is 0 Å². The maximum absolute atomic E-state index is 5.88. The first-order chi connectivity index (χ1) is 8.67. The molecule has 0 aliphatic carbocycles. The van der Waals surface area contributed by atoms with E-state index in [2.05, 4.69) is 41.6 Å². The molecule has 2 rings (SSSR count). The summed E-state index contributed by atoms with van der Waals surface area (Å²) >= 11 is 1.71. The fourth-order valence-electron chi connectivity index (χ4n) is 2.09. The Morgan fingerprint density at radius 3 is 2.44 bits per heavy atom. The predicted octanol–water partition coefficient (Wildman–Crippen LogP) is 3.12. The van der Waals surface area contributed by atoms with Gasteiger partial charge in [0, 0.05) is 5.38 Å². The summed E-state index contributed by atoms with van der Waals surface area (Å²) in [7, 11) is 0. The third-order valence-electron chi connectivity index (χ3n) is 3.14. The highest BCUT2D eigenvalue weighted by molar-refractivity contribution is 7.09. The minimum Gasteiger partial charge on any atom is -0.330 e. The average Bonchev–Trinajstić information content (AvgIpc) is 2.77. The molecule has 0 amide bonds. The van der Waals surface area contributed by atoms with Gasteiger partial charge in [0.05, 0.1) is 10.7 Å². The molecule has 2 aromatic rings. The normalized spacial score (nSPS) is 12.6. The van der Waals surface area contributed by atoms with E-state index < -0.39 is 0 Å². The number of rotatable bonds is 5. The molecule has 18 heavy (non-hydrogen) atoms. The van der Waals surface area contributed by atoms with Crippen molar-refractivity contribution in [1.82, 2.24) is 4.98 Å². The molecule has 0 fully saturated rings. The molecule has 2 N–H and O–H groups in total. The topological polar surface area (TPSA) is 38.9 Å². The molecule has 0 radical (unpaired) electrons. The van der Waals surface area contributed by atoms with Gasteiger partial charge in [-0.15, -0.1) is 11.3 Å². The second-order valence-corrected chi connectivity index (χ2v) is 5.92. The molecule has 0 saturated heterocycles. The Labute approximate surface area is 113 Å². The lowest BCUT2D eigenvalue weighted by Gasteiger charge is -2.13. The Balaban J connectivity index is 1.99. The number of nitrogens with two attached hydrogens (primary N) is 1. The summed E-state index contributed by atoms with van der Waals surface area (Å²) in [6.07, 6.45) is 2.02. The molecule has 0 aliphatic heterocycles. The van der Waals surface area contributed by atoms with E-state index in [1.165, 1.54) is 16.8 Å². The first-order valence-electron chi connectivity index (χ1n) is 6.34. The van der Waals surface area contributed by atoms with Crippen LogP contribution in [0.5, 0.6) is 0 Å². The van der Waals surface area contributed by atoms with Gasteiger partial charge in [0.2, 0.25) is 0 Å². The largest absolute Gasteiger partial charge is 0.330 e. The smallest absolute Gasteiger partial charge is 0.0897 e. The highest BCUT2D eigenvalue weighted by Crippen LogP contribution is 2.16. The minimum absolute atomic E-state index is 0.481. The molecule has 0 aliphatic rings. The lowest BCUT2D eigenvalue weighted by Crippen LogP contribution is -2.19. The van der Waals surface area contributed by atoms with E-state index in [4.69, 9.17) is 5.73 Å². The van der Waals surface area contributed by atoms with Crippen LogP contribution < -0.4 is 5.73 Å². The Morgan fingerprint density at radius 2 is 1.89 bits per heavy atom. The molecule has 0 spiro atoms. The Bertz CT molecular complexity index is 487. The van der Waals surface area contributed by atoms with Crippen molar-refractivity contribution in [2.75, 3.05) is 6.54 Å². The van der Waals surface area contributed by atoms with Gasteiger partial charge in [-0.2, -0.15) is 0 Å². The van der Waals surface area contributed by atoms with E-state index in [-0.39, 0.29) is 0 Å². The number of aryl methyl sites for hydroxylation is 2. The van der Waals surface area contributed by atoms with Crippen LogP contribution in [0.3, 0.4) is 0 Å². The predicted molar refractivity (Wildman–Crippen MR) is 78.0 cm³/mol. The lowest BCUT2D eigenvalue weighted by atomic mass is 9.95. The standard InChI is InChI=1S/C15H20N2S/c1-11-3-5-13(6-4-11)7-14(9-16)8-15-10-18-12(2)17-15/h3-6,10,14H,7-9,16H2,1-2H3. The SMILES string of the molecule is Cc1ccc(CC(CN)Cc2csc(C)n2)cc1. The molecule has 1 heterocycles. The zero-order valence-corrected chi connectivity index (χ0v) is 11.8. The molecule has 1 unspecified atom stereocenters. The van der Waals surface area contributed by atoms with Crippen molar-refractivity contribution in [3.63, 3.8) is 0 Å². The van der Waals surface area contributed by atoms with Crippen LogP contribution >= 0.6 is 11.3 Å². The van der Waals surface area contributed by atoms with Crippen molar-refractivity contribution in [2.24, 2.45) is 11.7 Å². The van der Waals surface area contributed by atoms with Gasteiger partial charge >= 0.3 is 0 Å². The summed E-state index contributed by atoms with van der Waals surface area (Å²) in [5, 5.41) is 3.28. The summed E-state index contributed by atoms with van der Waals surface area (Å²) in [6, 6.07) is 8.72. The van der Waals surface area contributed by atoms with Crippen molar-refractivity contribution in [2.45, 2.75) is 26.7 Å². The molecule has 1 aromatic carbocycles. The highest BCUT2D eigenvalue weighted by atomic mass is 32.1. The second kappa shape index (κ2) is 6.12. The van der Waals surface area contributed by atoms with Crippen LogP contribution in [0, 0.1) is 19.8 Å². The van der Waals surface area contributed by atoms with E-state index >= 15 is 0 Å². The number of hydrogen-bond donors (Lipinski definition) is 1. The van der Waals surface area contributed by atoms with Crippen molar-refractivity contribution < 1.29 is 0 Å². The second-order valence-electron chi connectivity index (χ2n) is 4.85. The van der Waals surface area contributed by atoms with E-state index in [9.17, 15) is 0 Å². The number of hydrogen-bond acceptors (Lipinski definition) is 3. The molecule has 2 nitrogen and oxygen atoms in total. The summed E-state index contributed by atoms with van der Waals surface area (Å²) in [5.74, 6) is 0.481.